The molecule has 3 rings (SSSR count). The Labute approximate surface area is 162 Å². The van der Waals surface area contributed by atoms with Crippen molar-refractivity contribution in [2.75, 3.05) is 19.6 Å². The molecule has 6 heteroatoms. The normalized spacial score (nSPS) is 17.7. The third-order valence-electron chi connectivity index (χ3n) is 5.10. The van der Waals surface area contributed by atoms with Gasteiger partial charge < -0.3 is 10.0 Å². The van der Waals surface area contributed by atoms with Crippen molar-refractivity contribution in [1.29, 1.82) is 0 Å². The molecule has 0 saturated carbocycles. The molecule has 1 aliphatic rings. The van der Waals surface area contributed by atoms with Gasteiger partial charge in [0, 0.05) is 6.04 Å². The van der Waals surface area contributed by atoms with Crippen molar-refractivity contribution < 1.29 is 13.5 Å². The summed E-state index contributed by atoms with van der Waals surface area (Å²) in [5.74, 6) is 0. The standard InChI is InChI=1S/C21H28N2O3S/c24-21(18-8-3-1-4-9-18)12-7-15-23-16-13-19(14-17-23)22-27(25,26)20-10-5-2-6-11-20/h1-6,8-11,19,21-22,24H,7,12-17H2. The molecule has 0 radical (unpaired) electrons. The van der Waals surface area contributed by atoms with Gasteiger partial charge in [-0.3, -0.25) is 0 Å². The van der Waals surface area contributed by atoms with E-state index in [1.807, 2.05) is 36.4 Å². The van der Waals surface area contributed by atoms with Gasteiger partial charge in [0.25, 0.3) is 0 Å². The number of likely N-dealkylation sites (tertiary alicyclic amines) is 1. The van der Waals surface area contributed by atoms with E-state index >= 15 is 0 Å². The van der Waals surface area contributed by atoms with Gasteiger partial charge in [0.1, 0.15) is 0 Å². The number of nitrogens with one attached hydrogen (secondary N) is 1. The van der Waals surface area contributed by atoms with Crippen LogP contribution in [0.1, 0.15) is 37.4 Å². The van der Waals surface area contributed by atoms with Crippen LogP contribution in [0.2, 0.25) is 0 Å². The van der Waals surface area contributed by atoms with Crippen molar-refractivity contribution in [3.05, 3.63) is 66.2 Å². The molecule has 0 aromatic heterocycles. The van der Waals surface area contributed by atoms with Gasteiger partial charge in [-0.2, -0.15) is 0 Å². The molecule has 146 valence electrons. The van der Waals surface area contributed by atoms with E-state index in [1.165, 1.54) is 0 Å². The van der Waals surface area contributed by atoms with Gasteiger partial charge in [-0.1, -0.05) is 48.5 Å². The van der Waals surface area contributed by atoms with Crippen molar-refractivity contribution in [3.8, 4) is 0 Å². The minimum Gasteiger partial charge on any atom is -0.388 e. The highest BCUT2D eigenvalue weighted by Gasteiger charge is 2.24. The molecule has 27 heavy (non-hydrogen) atoms. The SMILES string of the molecule is O=S(=O)(NC1CCN(CCCC(O)c2ccccc2)CC1)c1ccccc1. The molecule has 1 unspecified atom stereocenters. The predicted octanol–water partition coefficient (Wildman–Crippen LogP) is 2.94. The summed E-state index contributed by atoms with van der Waals surface area (Å²) >= 11 is 0. The zero-order chi connectivity index (χ0) is 19.1. The predicted molar refractivity (Wildman–Crippen MR) is 107 cm³/mol. The molecule has 2 aromatic carbocycles. The number of hydrogen-bond acceptors (Lipinski definition) is 4. The number of piperidine rings is 1. The lowest BCUT2D eigenvalue weighted by molar-refractivity contribution is 0.148. The number of nitrogens with zero attached hydrogens (tertiary/aromatic N) is 1. The van der Waals surface area contributed by atoms with Crippen molar-refractivity contribution in [3.63, 3.8) is 0 Å². The fourth-order valence-corrected chi connectivity index (χ4v) is 4.84. The maximum absolute atomic E-state index is 12.4. The second-order valence-corrected chi connectivity index (χ2v) is 8.83. The number of hydrogen-bond donors (Lipinski definition) is 2. The molecule has 1 saturated heterocycles. The third kappa shape index (κ3) is 5.87. The minimum absolute atomic E-state index is 0.0126. The molecule has 1 aliphatic heterocycles. The highest BCUT2D eigenvalue weighted by molar-refractivity contribution is 7.89. The molecule has 0 spiro atoms. The van der Waals surface area contributed by atoms with Gasteiger partial charge in [0.2, 0.25) is 10.0 Å². The maximum atomic E-state index is 12.4. The van der Waals surface area contributed by atoms with Crippen LogP contribution in [0.3, 0.4) is 0 Å². The van der Waals surface area contributed by atoms with E-state index in [0.717, 1.165) is 50.9 Å². The highest BCUT2D eigenvalue weighted by atomic mass is 32.2. The van der Waals surface area contributed by atoms with Crippen molar-refractivity contribution in [2.45, 2.75) is 42.7 Å². The zero-order valence-corrected chi connectivity index (χ0v) is 16.3. The molecule has 1 heterocycles. The lowest BCUT2D eigenvalue weighted by Gasteiger charge is -2.32. The molecule has 0 aliphatic carbocycles. The Hall–Kier alpha value is -1.73. The highest BCUT2D eigenvalue weighted by Crippen LogP contribution is 2.19. The van der Waals surface area contributed by atoms with Gasteiger partial charge in [-0.05, 0) is 63.0 Å². The summed E-state index contributed by atoms with van der Waals surface area (Å²) in [6, 6.07) is 18.3. The van der Waals surface area contributed by atoms with Gasteiger partial charge in [0.05, 0.1) is 11.0 Å². The van der Waals surface area contributed by atoms with Crippen LogP contribution in [0.25, 0.3) is 0 Å². The van der Waals surface area contributed by atoms with Crippen LogP contribution in [0, 0.1) is 0 Å². The second-order valence-electron chi connectivity index (χ2n) is 7.12. The molecule has 2 N–H and O–H groups in total. The minimum atomic E-state index is -3.44. The summed E-state index contributed by atoms with van der Waals surface area (Å²) in [6.07, 6.45) is 2.88. The van der Waals surface area contributed by atoms with E-state index in [4.69, 9.17) is 0 Å². The van der Waals surface area contributed by atoms with Crippen molar-refractivity contribution in [2.24, 2.45) is 0 Å². The van der Waals surface area contributed by atoms with Crippen LogP contribution in [0.5, 0.6) is 0 Å². The Balaban J connectivity index is 1.39. The van der Waals surface area contributed by atoms with Crippen LogP contribution in [-0.2, 0) is 10.0 Å². The average molecular weight is 389 g/mol. The lowest BCUT2D eigenvalue weighted by atomic mass is 10.0. The lowest BCUT2D eigenvalue weighted by Crippen LogP contribution is -2.44. The van der Waals surface area contributed by atoms with Crippen LogP contribution in [0.4, 0.5) is 0 Å². The first-order chi connectivity index (χ1) is 13.0. The second kappa shape index (κ2) is 9.46. The zero-order valence-electron chi connectivity index (χ0n) is 15.5. The first-order valence-electron chi connectivity index (χ1n) is 9.57. The number of rotatable bonds is 8. The van der Waals surface area contributed by atoms with E-state index in [9.17, 15) is 13.5 Å². The van der Waals surface area contributed by atoms with Crippen LogP contribution < -0.4 is 4.72 Å². The van der Waals surface area contributed by atoms with Crippen LogP contribution in [0.15, 0.2) is 65.6 Å². The van der Waals surface area contributed by atoms with E-state index in [-0.39, 0.29) is 6.04 Å². The Morgan fingerprint density at radius 2 is 1.59 bits per heavy atom. The summed E-state index contributed by atoms with van der Waals surface area (Å²) < 4.78 is 27.7. The maximum Gasteiger partial charge on any atom is 0.240 e. The fraction of sp³-hybridized carbons (Fsp3) is 0.429. The smallest absolute Gasteiger partial charge is 0.240 e. The molecule has 1 atom stereocenters. The number of sulfonamides is 1. The first-order valence-corrected chi connectivity index (χ1v) is 11.1. The van der Waals surface area contributed by atoms with Gasteiger partial charge >= 0.3 is 0 Å². The van der Waals surface area contributed by atoms with E-state index in [2.05, 4.69) is 9.62 Å². The molecule has 2 aromatic rings. The molecule has 5 nitrogen and oxygen atoms in total. The Bertz CT molecular complexity index is 789. The summed E-state index contributed by atoms with van der Waals surface area (Å²) in [5, 5.41) is 10.2. The summed E-state index contributed by atoms with van der Waals surface area (Å²) in [4.78, 5) is 2.67. The van der Waals surface area contributed by atoms with E-state index < -0.39 is 16.1 Å². The Morgan fingerprint density at radius 3 is 2.22 bits per heavy atom. The molecule has 0 bridgehead atoms. The Kier molecular flexibility index (Phi) is 7.01. The monoisotopic (exact) mass is 388 g/mol. The summed E-state index contributed by atoms with van der Waals surface area (Å²) in [6.45, 7) is 2.69. The van der Waals surface area contributed by atoms with E-state index in [1.54, 1.807) is 24.3 Å². The third-order valence-corrected chi connectivity index (χ3v) is 6.64. The molecule has 0 amide bonds. The van der Waals surface area contributed by atoms with Gasteiger partial charge in [-0.25, -0.2) is 13.1 Å². The summed E-state index contributed by atoms with van der Waals surface area (Å²) in [7, 11) is -3.44. The van der Waals surface area contributed by atoms with E-state index in [0.29, 0.717) is 4.90 Å². The van der Waals surface area contributed by atoms with Gasteiger partial charge in [0.15, 0.2) is 0 Å². The molecular weight excluding hydrogens is 360 g/mol. The summed E-state index contributed by atoms with van der Waals surface area (Å²) in [5.41, 5.74) is 0.964. The Morgan fingerprint density at radius 1 is 1.00 bits per heavy atom. The first kappa shape index (κ1) is 20.0. The number of aliphatic hydroxyl groups is 1. The average Bonchev–Trinajstić information content (AvgIpc) is 2.70. The van der Waals surface area contributed by atoms with Crippen molar-refractivity contribution >= 4 is 10.0 Å². The quantitative estimate of drug-likeness (QED) is 0.729. The van der Waals surface area contributed by atoms with Gasteiger partial charge in [-0.15, -0.1) is 0 Å². The van der Waals surface area contributed by atoms with Crippen molar-refractivity contribution in [1.82, 2.24) is 9.62 Å². The number of aliphatic hydroxyl groups excluding tert-OH is 1. The molecule has 1 fully saturated rings. The fourth-order valence-electron chi connectivity index (χ4n) is 3.51. The number of benzene rings is 2. The topological polar surface area (TPSA) is 69.6 Å². The largest absolute Gasteiger partial charge is 0.388 e. The van der Waals surface area contributed by atoms with Crippen LogP contribution in [-0.4, -0.2) is 44.1 Å². The van der Waals surface area contributed by atoms with Crippen LogP contribution >= 0.6 is 0 Å². The molecular formula is C21H28N2O3S.